The molecule has 8 nitrogen and oxygen atoms in total. The first kappa shape index (κ1) is 15.6. The first-order valence-electron chi connectivity index (χ1n) is 6.94. The molecule has 0 bridgehead atoms. The molecule has 4 N–H and O–H groups in total. The zero-order valence-corrected chi connectivity index (χ0v) is 12.4. The second kappa shape index (κ2) is 5.90. The van der Waals surface area contributed by atoms with E-state index in [2.05, 4.69) is 4.98 Å². The lowest BCUT2D eigenvalue weighted by Gasteiger charge is -2.37. The molecule has 2 rings (SSSR count). The Balaban J connectivity index is 2.35. The van der Waals surface area contributed by atoms with Crippen molar-refractivity contribution in [1.29, 1.82) is 0 Å². The lowest BCUT2D eigenvalue weighted by Crippen LogP contribution is -2.46. The van der Waals surface area contributed by atoms with Crippen LogP contribution < -0.4 is 21.9 Å². The topological polar surface area (TPSA) is 114 Å². The predicted molar refractivity (Wildman–Crippen MR) is 79.7 cm³/mol. The van der Waals surface area contributed by atoms with Crippen LogP contribution in [0.1, 0.15) is 19.8 Å². The molecule has 118 valence electrons. The average Bonchev–Trinajstić information content (AvgIpc) is 2.40. The van der Waals surface area contributed by atoms with Crippen molar-refractivity contribution in [3.63, 3.8) is 0 Å². The summed E-state index contributed by atoms with van der Waals surface area (Å²) in [6.45, 7) is 3.41. The Morgan fingerprint density at radius 3 is 2.57 bits per heavy atom. The van der Waals surface area contributed by atoms with Crippen LogP contribution in [0.2, 0.25) is 0 Å². The number of aliphatic hydroxyl groups is 1. The van der Waals surface area contributed by atoms with Gasteiger partial charge in [0, 0.05) is 20.2 Å². The summed E-state index contributed by atoms with van der Waals surface area (Å²) in [5.74, 6) is 0.141. The van der Waals surface area contributed by atoms with Crippen molar-refractivity contribution < 1.29 is 9.84 Å². The summed E-state index contributed by atoms with van der Waals surface area (Å²) >= 11 is 0. The number of nitrogens with zero attached hydrogens (tertiary/aromatic N) is 2. The molecule has 1 fully saturated rings. The number of methoxy groups -OCH3 is 1. The standard InChI is InChI=1S/C13H22N4O4/c1-13(20)3-5-16(6-4-13)9-10(14)17(7-8-21-2)12(19)15-11(9)18/h20H,3-8,14H2,1-2H3,(H,15,18,19). The molecule has 0 atom stereocenters. The number of anilines is 2. The zero-order valence-electron chi connectivity index (χ0n) is 12.4. The summed E-state index contributed by atoms with van der Waals surface area (Å²) in [6, 6.07) is 0. The van der Waals surface area contributed by atoms with Gasteiger partial charge in [0.15, 0.2) is 0 Å². The summed E-state index contributed by atoms with van der Waals surface area (Å²) in [5.41, 5.74) is 4.55. The van der Waals surface area contributed by atoms with Crippen molar-refractivity contribution in [2.45, 2.75) is 31.9 Å². The summed E-state index contributed by atoms with van der Waals surface area (Å²) in [4.78, 5) is 28.0. The van der Waals surface area contributed by atoms with Gasteiger partial charge >= 0.3 is 5.69 Å². The number of aromatic amines is 1. The molecule has 8 heteroatoms. The SMILES string of the molecule is COCCn1c(N)c(N2CCC(C)(O)CC2)c(=O)[nH]c1=O. The van der Waals surface area contributed by atoms with Gasteiger partial charge < -0.3 is 20.5 Å². The Labute approximate surface area is 122 Å². The van der Waals surface area contributed by atoms with Gasteiger partial charge in [0.25, 0.3) is 5.56 Å². The number of hydrogen-bond donors (Lipinski definition) is 3. The molecule has 0 spiro atoms. The molecule has 2 heterocycles. The summed E-state index contributed by atoms with van der Waals surface area (Å²) in [5, 5.41) is 9.98. The van der Waals surface area contributed by atoms with Gasteiger partial charge in [-0.3, -0.25) is 14.3 Å². The van der Waals surface area contributed by atoms with Gasteiger partial charge in [0.05, 0.1) is 18.8 Å². The van der Waals surface area contributed by atoms with E-state index in [0.29, 0.717) is 38.2 Å². The minimum Gasteiger partial charge on any atom is -0.390 e. The molecule has 0 saturated carbocycles. The molecular formula is C13H22N4O4. The number of nitrogen functional groups attached to an aromatic ring is 1. The van der Waals surface area contributed by atoms with Gasteiger partial charge in [-0.15, -0.1) is 0 Å². The van der Waals surface area contributed by atoms with E-state index in [1.165, 1.54) is 11.7 Å². The van der Waals surface area contributed by atoms with Crippen molar-refractivity contribution >= 4 is 11.5 Å². The van der Waals surface area contributed by atoms with Gasteiger partial charge in [0.2, 0.25) is 0 Å². The van der Waals surface area contributed by atoms with Gasteiger partial charge in [-0.25, -0.2) is 4.79 Å². The van der Waals surface area contributed by atoms with Crippen LogP contribution in [0.5, 0.6) is 0 Å². The van der Waals surface area contributed by atoms with E-state index in [1.807, 2.05) is 4.90 Å². The van der Waals surface area contributed by atoms with Crippen molar-refractivity contribution in [1.82, 2.24) is 9.55 Å². The second-order valence-electron chi connectivity index (χ2n) is 5.62. The lowest BCUT2D eigenvalue weighted by molar-refractivity contribution is 0.0351. The molecule has 1 aromatic heterocycles. The van der Waals surface area contributed by atoms with Gasteiger partial charge in [-0.05, 0) is 19.8 Å². The van der Waals surface area contributed by atoms with Gasteiger partial charge in [0.1, 0.15) is 11.5 Å². The molecule has 1 aliphatic rings. The number of rotatable bonds is 4. The van der Waals surface area contributed by atoms with E-state index in [9.17, 15) is 14.7 Å². The van der Waals surface area contributed by atoms with Crippen molar-refractivity contribution in [3.05, 3.63) is 20.8 Å². The predicted octanol–water partition coefficient (Wildman–Crippen LogP) is -0.884. The molecule has 0 unspecified atom stereocenters. The molecule has 0 amide bonds. The highest BCUT2D eigenvalue weighted by atomic mass is 16.5. The highest BCUT2D eigenvalue weighted by molar-refractivity contribution is 5.62. The van der Waals surface area contributed by atoms with Crippen molar-refractivity contribution in [3.8, 4) is 0 Å². The van der Waals surface area contributed by atoms with E-state index >= 15 is 0 Å². The average molecular weight is 298 g/mol. The number of aromatic nitrogens is 2. The smallest absolute Gasteiger partial charge is 0.330 e. The molecule has 21 heavy (non-hydrogen) atoms. The molecule has 1 aromatic rings. The Morgan fingerprint density at radius 2 is 2.00 bits per heavy atom. The van der Waals surface area contributed by atoms with Crippen LogP contribution in [-0.2, 0) is 11.3 Å². The molecule has 1 aliphatic heterocycles. The van der Waals surface area contributed by atoms with E-state index in [4.69, 9.17) is 10.5 Å². The maximum absolute atomic E-state index is 12.1. The van der Waals surface area contributed by atoms with E-state index in [0.717, 1.165) is 0 Å². The maximum Gasteiger partial charge on any atom is 0.330 e. The van der Waals surface area contributed by atoms with Crippen LogP contribution in [0, 0.1) is 0 Å². The van der Waals surface area contributed by atoms with Crippen molar-refractivity contribution in [2.75, 3.05) is 37.4 Å². The van der Waals surface area contributed by atoms with Gasteiger partial charge in [-0.2, -0.15) is 0 Å². The Kier molecular flexibility index (Phi) is 4.38. The third-order valence-corrected chi connectivity index (χ3v) is 3.89. The Bertz CT molecular complexity index is 610. The lowest BCUT2D eigenvalue weighted by atomic mass is 9.93. The van der Waals surface area contributed by atoms with Crippen molar-refractivity contribution in [2.24, 2.45) is 0 Å². The van der Waals surface area contributed by atoms with Crippen LogP contribution >= 0.6 is 0 Å². The minimum atomic E-state index is -0.720. The van der Waals surface area contributed by atoms with E-state index in [1.54, 1.807) is 6.92 Å². The molecular weight excluding hydrogens is 276 g/mol. The quantitative estimate of drug-likeness (QED) is 0.665. The fourth-order valence-corrected chi connectivity index (χ4v) is 2.50. The molecule has 0 aliphatic carbocycles. The third-order valence-electron chi connectivity index (χ3n) is 3.89. The zero-order chi connectivity index (χ0) is 15.6. The summed E-state index contributed by atoms with van der Waals surface area (Å²) < 4.78 is 6.24. The number of H-pyrrole nitrogens is 1. The summed E-state index contributed by atoms with van der Waals surface area (Å²) in [6.07, 6.45) is 1.09. The third kappa shape index (κ3) is 3.27. The normalized spacial score (nSPS) is 18.0. The van der Waals surface area contributed by atoms with E-state index < -0.39 is 16.9 Å². The number of piperidine rings is 1. The molecule has 0 radical (unpaired) electrons. The number of nitrogens with one attached hydrogen (secondary N) is 1. The highest BCUT2D eigenvalue weighted by Gasteiger charge is 2.30. The monoisotopic (exact) mass is 298 g/mol. The highest BCUT2D eigenvalue weighted by Crippen LogP contribution is 2.26. The second-order valence-corrected chi connectivity index (χ2v) is 5.62. The minimum absolute atomic E-state index is 0.141. The number of hydrogen-bond acceptors (Lipinski definition) is 6. The Hall–Kier alpha value is -1.80. The van der Waals surface area contributed by atoms with Crippen LogP contribution in [0.4, 0.5) is 11.5 Å². The van der Waals surface area contributed by atoms with Crippen LogP contribution in [0.3, 0.4) is 0 Å². The van der Waals surface area contributed by atoms with Crippen LogP contribution in [-0.4, -0.2) is 47.1 Å². The Morgan fingerprint density at radius 1 is 1.38 bits per heavy atom. The molecule has 0 aromatic carbocycles. The summed E-state index contributed by atoms with van der Waals surface area (Å²) in [7, 11) is 1.53. The maximum atomic E-state index is 12.1. The van der Waals surface area contributed by atoms with Gasteiger partial charge in [-0.1, -0.05) is 0 Å². The number of ether oxygens (including phenoxy) is 1. The van der Waals surface area contributed by atoms with Crippen LogP contribution in [0.15, 0.2) is 9.59 Å². The first-order valence-corrected chi connectivity index (χ1v) is 6.94. The largest absolute Gasteiger partial charge is 0.390 e. The number of nitrogens with two attached hydrogens (primary N) is 1. The fraction of sp³-hybridized carbons (Fsp3) is 0.692. The first-order chi connectivity index (χ1) is 9.85. The van der Waals surface area contributed by atoms with E-state index in [-0.39, 0.29) is 12.4 Å². The molecule has 1 saturated heterocycles. The van der Waals surface area contributed by atoms with Crippen LogP contribution in [0.25, 0.3) is 0 Å². The fourth-order valence-electron chi connectivity index (χ4n) is 2.50.